The molecule has 2 aromatic heterocycles. The summed E-state index contributed by atoms with van der Waals surface area (Å²) in [6, 6.07) is 7.64. The van der Waals surface area contributed by atoms with Gasteiger partial charge in [0.2, 0.25) is 5.22 Å². The molecule has 0 atom stereocenters. The summed E-state index contributed by atoms with van der Waals surface area (Å²) in [5.74, 6) is 0.810. The molecule has 0 saturated carbocycles. The van der Waals surface area contributed by atoms with E-state index in [0.717, 1.165) is 31.7 Å². The number of piperidine rings is 1. The quantitative estimate of drug-likeness (QED) is 0.947. The van der Waals surface area contributed by atoms with Gasteiger partial charge in [-0.3, -0.25) is 4.79 Å². The lowest BCUT2D eigenvalue weighted by molar-refractivity contribution is 0.0930. The van der Waals surface area contributed by atoms with Crippen LogP contribution in [0.1, 0.15) is 23.2 Å². The minimum atomic E-state index is -0.176. The van der Waals surface area contributed by atoms with Gasteiger partial charge in [0.1, 0.15) is 5.82 Å². The number of hydrogen-bond donors (Lipinski definition) is 1. The molecule has 1 N–H and O–H groups in total. The van der Waals surface area contributed by atoms with Crippen LogP contribution in [-0.4, -0.2) is 30.0 Å². The molecule has 6 heteroatoms. The molecular formula is C15H16ClN3O2. The summed E-state index contributed by atoms with van der Waals surface area (Å²) in [5.41, 5.74) is 0.392. The molecule has 5 nitrogen and oxygen atoms in total. The Morgan fingerprint density at radius 1 is 1.33 bits per heavy atom. The summed E-state index contributed by atoms with van der Waals surface area (Å²) < 4.78 is 4.94. The first kappa shape index (κ1) is 13.9. The van der Waals surface area contributed by atoms with Crippen molar-refractivity contribution in [3.8, 4) is 0 Å². The summed E-state index contributed by atoms with van der Waals surface area (Å²) in [6.45, 7) is 1.75. The maximum atomic E-state index is 12.1. The molecule has 0 aromatic carbocycles. The molecule has 1 amide bonds. The Hall–Kier alpha value is -2.01. The third-order valence-corrected chi connectivity index (χ3v) is 3.96. The Balaban J connectivity index is 1.55. The van der Waals surface area contributed by atoms with Crippen LogP contribution in [-0.2, 0) is 0 Å². The van der Waals surface area contributed by atoms with E-state index in [4.69, 9.17) is 16.0 Å². The molecule has 1 aliphatic heterocycles. The maximum Gasteiger partial charge on any atom is 0.256 e. The van der Waals surface area contributed by atoms with Crippen molar-refractivity contribution in [3.05, 3.63) is 47.5 Å². The Labute approximate surface area is 127 Å². The van der Waals surface area contributed by atoms with E-state index in [1.807, 2.05) is 18.2 Å². The summed E-state index contributed by atoms with van der Waals surface area (Å²) >= 11 is 5.81. The summed E-state index contributed by atoms with van der Waals surface area (Å²) in [5, 5.41) is 3.14. The van der Waals surface area contributed by atoms with E-state index in [0.29, 0.717) is 5.56 Å². The van der Waals surface area contributed by atoms with Crippen molar-refractivity contribution in [2.45, 2.75) is 18.9 Å². The van der Waals surface area contributed by atoms with Gasteiger partial charge < -0.3 is 14.6 Å². The highest BCUT2D eigenvalue weighted by molar-refractivity contribution is 6.32. The van der Waals surface area contributed by atoms with Crippen LogP contribution in [0.15, 0.2) is 41.1 Å². The van der Waals surface area contributed by atoms with Gasteiger partial charge in [0.25, 0.3) is 5.91 Å². The molecule has 110 valence electrons. The average molecular weight is 306 g/mol. The van der Waals surface area contributed by atoms with Gasteiger partial charge in [-0.2, -0.15) is 0 Å². The largest absolute Gasteiger partial charge is 0.452 e. The molecule has 21 heavy (non-hydrogen) atoms. The van der Waals surface area contributed by atoms with Crippen molar-refractivity contribution in [3.63, 3.8) is 0 Å². The molecule has 1 saturated heterocycles. The van der Waals surface area contributed by atoms with E-state index in [-0.39, 0.29) is 17.2 Å². The van der Waals surface area contributed by atoms with Gasteiger partial charge in [0.15, 0.2) is 0 Å². The molecule has 2 aromatic rings. The zero-order valence-corrected chi connectivity index (χ0v) is 12.2. The molecule has 0 radical (unpaired) electrons. The van der Waals surface area contributed by atoms with Crippen molar-refractivity contribution in [1.82, 2.24) is 10.3 Å². The van der Waals surface area contributed by atoms with Crippen molar-refractivity contribution in [2.24, 2.45) is 0 Å². The van der Waals surface area contributed by atoms with Crippen molar-refractivity contribution >= 4 is 23.3 Å². The highest BCUT2D eigenvalue weighted by Crippen LogP contribution is 2.19. The number of rotatable bonds is 3. The van der Waals surface area contributed by atoms with Crippen LogP contribution in [0.3, 0.4) is 0 Å². The van der Waals surface area contributed by atoms with Crippen molar-refractivity contribution in [1.29, 1.82) is 0 Å². The van der Waals surface area contributed by atoms with E-state index in [1.54, 1.807) is 12.3 Å². The SMILES string of the molecule is O=C(NC1CCN(c2ccccn2)CC1)c1ccoc1Cl. The van der Waals surface area contributed by atoms with E-state index >= 15 is 0 Å². The number of amides is 1. The number of pyridine rings is 1. The number of aromatic nitrogens is 1. The third kappa shape index (κ3) is 3.19. The van der Waals surface area contributed by atoms with Gasteiger partial charge in [0.05, 0.1) is 11.8 Å². The minimum absolute atomic E-state index is 0.137. The number of carbonyl (C=O) groups is 1. The normalized spacial score (nSPS) is 16.0. The number of anilines is 1. The lowest BCUT2D eigenvalue weighted by Crippen LogP contribution is -2.44. The highest BCUT2D eigenvalue weighted by Gasteiger charge is 2.23. The molecule has 0 spiro atoms. The fraction of sp³-hybridized carbons (Fsp3) is 0.333. The highest BCUT2D eigenvalue weighted by atomic mass is 35.5. The first-order valence-electron chi connectivity index (χ1n) is 6.94. The summed E-state index contributed by atoms with van der Waals surface area (Å²) in [7, 11) is 0. The first-order valence-corrected chi connectivity index (χ1v) is 7.31. The molecule has 0 bridgehead atoms. The fourth-order valence-electron chi connectivity index (χ4n) is 2.51. The van der Waals surface area contributed by atoms with Crippen LogP contribution < -0.4 is 10.2 Å². The lowest BCUT2D eigenvalue weighted by atomic mass is 10.0. The second-order valence-electron chi connectivity index (χ2n) is 5.03. The topological polar surface area (TPSA) is 58.4 Å². The zero-order chi connectivity index (χ0) is 14.7. The van der Waals surface area contributed by atoms with Crippen LogP contribution in [0.2, 0.25) is 5.22 Å². The molecule has 0 unspecified atom stereocenters. The van der Waals surface area contributed by atoms with E-state index in [2.05, 4.69) is 15.2 Å². The second kappa shape index (κ2) is 6.18. The Morgan fingerprint density at radius 2 is 2.14 bits per heavy atom. The van der Waals surface area contributed by atoms with Crippen LogP contribution in [0.5, 0.6) is 0 Å². The van der Waals surface area contributed by atoms with Crippen LogP contribution in [0.4, 0.5) is 5.82 Å². The van der Waals surface area contributed by atoms with Gasteiger partial charge in [-0.05, 0) is 42.6 Å². The van der Waals surface area contributed by atoms with Gasteiger partial charge in [0, 0.05) is 25.3 Å². The molecule has 1 fully saturated rings. The average Bonchev–Trinajstić information content (AvgIpc) is 2.95. The molecular weight excluding hydrogens is 290 g/mol. The van der Waals surface area contributed by atoms with Crippen LogP contribution >= 0.6 is 11.6 Å². The number of nitrogens with one attached hydrogen (secondary N) is 1. The smallest absolute Gasteiger partial charge is 0.256 e. The van der Waals surface area contributed by atoms with E-state index < -0.39 is 0 Å². The lowest BCUT2D eigenvalue weighted by Gasteiger charge is -2.33. The van der Waals surface area contributed by atoms with Crippen molar-refractivity contribution in [2.75, 3.05) is 18.0 Å². The number of carbonyl (C=O) groups excluding carboxylic acids is 1. The Morgan fingerprint density at radius 3 is 2.76 bits per heavy atom. The van der Waals surface area contributed by atoms with E-state index in [1.165, 1.54) is 6.26 Å². The predicted molar refractivity (Wildman–Crippen MR) is 80.7 cm³/mol. The molecule has 3 rings (SSSR count). The summed E-state index contributed by atoms with van der Waals surface area (Å²) in [6.07, 6.45) is 4.99. The van der Waals surface area contributed by atoms with E-state index in [9.17, 15) is 4.79 Å². The van der Waals surface area contributed by atoms with Crippen LogP contribution in [0.25, 0.3) is 0 Å². The monoisotopic (exact) mass is 305 g/mol. The predicted octanol–water partition coefficient (Wildman–Crippen LogP) is 2.73. The zero-order valence-electron chi connectivity index (χ0n) is 11.5. The summed E-state index contributed by atoms with van der Waals surface area (Å²) in [4.78, 5) is 18.6. The Kier molecular flexibility index (Phi) is 4.10. The van der Waals surface area contributed by atoms with Gasteiger partial charge in [-0.15, -0.1) is 0 Å². The number of halogens is 1. The Bertz CT molecular complexity index is 606. The van der Waals surface area contributed by atoms with Gasteiger partial charge in [-0.1, -0.05) is 6.07 Å². The fourth-order valence-corrected chi connectivity index (χ4v) is 2.71. The maximum absolute atomic E-state index is 12.1. The number of hydrogen-bond acceptors (Lipinski definition) is 4. The standard InChI is InChI=1S/C15H16ClN3O2/c16-14-12(6-10-21-14)15(20)18-11-4-8-19(9-5-11)13-3-1-2-7-17-13/h1-3,6-7,10-11H,4-5,8-9H2,(H,18,20). The molecule has 3 heterocycles. The number of nitrogens with zero attached hydrogens (tertiary/aromatic N) is 2. The van der Waals surface area contributed by atoms with Gasteiger partial charge in [-0.25, -0.2) is 4.98 Å². The second-order valence-corrected chi connectivity index (χ2v) is 5.37. The van der Waals surface area contributed by atoms with Gasteiger partial charge >= 0.3 is 0 Å². The van der Waals surface area contributed by atoms with Crippen molar-refractivity contribution < 1.29 is 9.21 Å². The first-order chi connectivity index (χ1) is 10.2. The minimum Gasteiger partial charge on any atom is -0.452 e. The molecule has 0 aliphatic carbocycles. The number of furan rings is 1. The van der Waals surface area contributed by atoms with Crippen LogP contribution in [0, 0.1) is 0 Å². The molecule has 1 aliphatic rings. The third-order valence-electron chi connectivity index (χ3n) is 3.67.